The summed E-state index contributed by atoms with van der Waals surface area (Å²) in [6.07, 6.45) is 0.253. The predicted octanol–water partition coefficient (Wildman–Crippen LogP) is 2.03. The lowest BCUT2D eigenvalue weighted by atomic mass is 9.87. The van der Waals surface area contributed by atoms with E-state index in [-0.39, 0.29) is 17.7 Å². The molecule has 6 nitrogen and oxygen atoms in total. The fourth-order valence-corrected chi connectivity index (χ4v) is 1.95. The van der Waals surface area contributed by atoms with E-state index in [1.807, 2.05) is 6.92 Å². The van der Waals surface area contributed by atoms with Gasteiger partial charge in [0.05, 0.1) is 24.7 Å². The van der Waals surface area contributed by atoms with Crippen molar-refractivity contribution in [2.75, 3.05) is 19.8 Å². The molecule has 0 amide bonds. The number of nitro benzene ring substituents is 1. The maximum atomic E-state index is 10.6. The number of hydrogen-bond acceptors (Lipinski definition) is 5. The van der Waals surface area contributed by atoms with E-state index in [9.17, 15) is 15.2 Å². The first-order valence-corrected chi connectivity index (χ1v) is 6.19. The van der Waals surface area contributed by atoms with Crippen molar-refractivity contribution in [2.24, 2.45) is 5.41 Å². The molecule has 1 aliphatic rings. The number of benzene rings is 1. The van der Waals surface area contributed by atoms with Crippen molar-refractivity contribution in [1.29, 1.82) is 0 Å². The zero-order chi connectivity index (χ0) is 13.9. The van der Waals surface area contributed by atoms with E-state index in [1.165, 1.54) is 12.1 Å². The van der Waals surface area contributed by atoms with Gasteiger partial charge >= 0.3 is 0 Å². The van der Waals surface area contributed by atoms with Gasteiger partial charge in [0.25, 0.3) is 5.69 Å². The van der Waals surface area contributed by atoms with Gasteiger partial charge in [-0.15, -0.1) is 0 Å². The van der Waals surface area contributed by atoms with Gasteiger partial charge in [0.1, 0.15) is 0 Å². The van der Waals surface area contributed by atoms with E-state index in [0.29, 0.717) is 13.2 Å². The van der Waals surface area contributed by atoms with Crippen molar-refractivity contribution in [2.45, 2.75) is 19.6 Å². The summed E-state index contributed by atoms with van der Waals surface area (Å²) in [6, 6.07) is 6.10. The van der Waals surface area contributed by atoms with Crippen LogP contribution < -0.4 is 0 Å². The molecule has 2 rings (SSSR count). The fourth-order valence-electron chi connectivity index (χ4n) is 1.95. The van der Waals surface area contributed by atoms with Crippen molar-refractivity contribution in [3.8, 4) is 0 Å². The molecule has 1 aliphatic heterocycles. The van der Waals surface area contributed by atoms with Crippen molar-refractivity contribution in [1.82, 2.24) is 0 Å². The SMILES string of the molecule is CCC1(CO)COC(c2ccc([N+](=O)[O-])cc2)OC1. The Balaban J connectivity index is 2.03. The van der Waals surface area contributed by atoms with E-state index < -0.39 is 11.2 Å². The van der Waals surface area contributed by atoms with Crippen LogP contribution in [-0.4, -0.2) is 29.9 Å². The van der Waals surface area contributed by atoms with Crippen LogP contribution in [0.5, 0.6) is 0 Å². The van der Waals surface area contributed by atoms with Crippen LogP contribution in [-0.2, 0) is 9.47 Å². The minimum absolute atomic E-state index is 0.0243. The molecule has 0 radical (unpaired) electrons. The smallest absolute Gasteiger partial charge is 0.269 e. The monoisotopic (exact) mass is 267 g/mol. The highest BCUT2D eigenvalue weighted by molar-refractivity contribution is 5.33. The van der Waals surface area contributed by atoms with E-state index in [1.54, 1.807) is 12.1 Å². The zero-order valence-electron chi connectivity index (χ0n) is 10.7. The highest BCUT2D eigenvalue weighted by Gasteiger charge is 2.35. The highest BCUT2D eigenvalue weighted by Crippen LogP contribution is 2.34. The number of hydrogen-bond donors (Lipinski definition) is 1. The van der Waals surface area contributed by atoms with Gasteiger partial charge in [-0.1, -0.05) is 6.92 Å². The summed E-state index contributed by atoms with van der Waals surface area (Å²) in [5.74, 6) is 0. The van der Waals surface area contributed by atoms with E-state index in [0.717, 1.165) is 12.0 Å². The average molecular weight is 267 g/mol. The van der Waals surface area contributed by atoms with Crippen molar-refractivity contribution in [3.63, 3.8) is 0 Å². The summed E-state index contributed by atoms with van der Waals surface area (Å²) in [7, 11) is 0. The Morgan fingerprint density at radius 3 is 2.37 bits per heavy atom. The zero-order valence-corrected chi connectivity index (χ0v) is 10.7. The normalized spacial score (nSPS) is 27.2. The molecule has 104 valence electrons. The summed E-state index contributed by atoms with van der Waals surface area (Å²) < 4.78 is 11.2. The van der Waals surface area contributed by atoms with Gasteiger partial charge < -0.3 is 14.6 Å². The molecule has 1 fully saturated rings. The van der Waals surface area contributed by atoms with Crippen LogP contribution >= 0.6 is 0 Å². The molecule has 0 unspecified atom stereocenters. The number of non-ortho nitro benzene ring substituents is 1. The van der Waals surface area contributed by atoms with Gasteiger partial charge in [0, 0.05) is 23.1 Å². The Hall–Kier alpha value is -1.50. The third kappa shape index (κ3) is 2.91. The number of rotatable bonds is 4. The largest absolute Gasteiger partial charge is 0.396 e. The first-order chi connectivity index (χ1) is 9.10. The molecule has 1 aromatic carbocycles. The third-order valence-electron chi connectivity index (χ3n) is 3.54. The van der Waals surface area contributed by atoms with Gasteiger partial charge in [0.15, 0.2) is 6.29 Å². The summed E-state index contributed by atoms with van der Waals surface area (Å²) in [6.45, 7) is 2.84. The molecule has 1 saturated heterocycles. The van der Waals surface area contributed by atoms with Crippen molar-refractivity contribution >= 4 is 5.69 Å². The van der Waals surface area contributed by atoms with Crippen LogP contribution in [0, 0.1) is 15.5 Å². The molecular weight excluding hydrogens is 250 g/mol. The minimum atomic E-state index is -0.521. The summed E-state index contributed by atoms with van der Waals surface area (Å²) in [5, 5.41) is 19.9. The van der Waals surface area contributed by atoms with Gasteiger partial charge in [-0.05, 0) is 18.6 Å². The molecule has 0 bridgehead atoms. The maximum absolute atomic E-state index is 10.6. The van der Waals surface area contributed by atoms with E-state index >= 15 is 0 Å². The molecule has 19 heavy (non-hydrogen) atoms. The second-order valence-electron chi connectivity index (χ2n) is 4.81. The van der Waals surface area contributed by atoms with Crippen molar-refractivity contribution in [3.05, 3.63) is 39.9 Å². The van der Waals surface area contributed by atoms with Crippen LogP contribution in [0.1, 0.15) is 25.2 Å². The molecule has 1 aromatic rings. The Labute approximate surface area is 111 Å². The average Bonchev–Trinajstić information content (AvgIpc) is 2.47. The maximum Gasteiger partial charge on any atom is 0.269 e. The molecule has 0 aliphatic carbocycles. The fraction of sp³-hybridized carbons (Fsp3) is 0.538. The van der Waals surface area contributed by atoms with Gasteiger partial charge in [-0.3, -0.25) is 10.1 Å². The Bertz CT molecular complexity index is 431. The van der Waals surface area contributed by atoms with Crippen LogP contribution in [0.15, 0.2) is 24.3 Å². The lowest BCUT2D eigenvalue weighted by Crippen LogP contribution is -2.41. The molecule has 1 N–H and O–H groups in total. The second-order valence-corrected chi connectivity index (χ2v) is 4.81. The molecule has 0 atom stereocenters. The molecule has 6 heteroatoms. The van der Waals surface area contributed by atoms with Gasteiger partial charge in [-0.2, -0.15) is 0 Å². The molecule has 0 aromatic heterocycles. The van der Waals surface area contributed by atoms with Gasteiger partial charge in [-0.25, -0.2) is 0 Å². The lowest BCUT2D eigenvalue weighted by molar-refractivity contribution is -0.384. The topological polar surface area (TPSA) is 81.8 Å². The summed E-state index contributed by atoms with van der Waals surface area (Å²) >= 11 is 0. The number of ether oxygens (including phenoxy) is 2. The number of aliphatic hydroxyl groups is 1. The number of nitrogens with zero attached hydrogens (tertiary/aromatic N) is 1. The predicted molar refractivity (Wildman–Crippen MR) is 67.6 cm³/mol. The Morgan fingerprint density at radius 2 is 1.95 bits per heavy atom. The van der Waals surface area contributed by atoms with Gasteiger partial charge in [0.2, 0.25) is 0 Å². The lowest BCUT2D eigenvalue weighted by Gasteiger charge is -2.38. The first kappa shape index (κ1) is 13.9. The Kier molecular flexibility index (Phi) is 4.14. The summed E-state index contributed by atoms with van der Waals surface area (Å²) in [5.41, 5.74) is 0.447. The van der Waals surface area contributed by atoms with Crippen LogP contribution in [0.2, 0.25) is 0 Å². The third-order valence-corrected chi connectivity index (χ3v) is 3.54. The molecular formula is C13H17NO5. The van der Waals surface area contributed by atoms with Crippen LogP contribution in [0.25, 0.3) is 0 Å². The number of aliphatic hydroxyl groups excluding tert-OH is 1. The molecule has 0 spiro atoms. The van der Waals surface area contributed by atoms with E-state index in [4.69, 9.17) is 9.47 Å². The second kappa shape index (κ2) is 5.64. The molecule has 1 heterocycles. The van der Waals surface area contributed by atoms with Crippen LogP contribution in [0.3, 0.4) is 0 Å². The molecule has 0 saturated carbocycles. The minimum Gasteiger partial charge on any atom is -0.396 e. The quantitative estimate of drug-likeness (QED) is 0.666. The Morgan fingerprint density at radius 1 is 1.37 bits per heavy atom. The summed E-state index contributed by atoms with van der Waals surface area (Å²) in [4.78, 5) is 10.1. The first-order valence-electron chi connectivity index (χ1n) is 6.19. The number of nitro groups is 1. The van der Waals surface area contributed by atoms with E-state index in [2.05, 4.69) is 0 Å². The standard InChI is InChI=1S/C13H17NO5/c1-2-13(7-15)8-18-12(19-9-13)10-3-5-11(6-4-10)14(16)17/h3-6,12,15H,2,7-9H2,1H3. The van der Waals surface area contributed by atoms with Crippen LogP contribution in [0.4, 0.5) is 5.69 Å². The van der Waals surface area contributed by atoms with Crippen molar-refractivity contribution < 1.29 is 19.5 Å². The highest BCUT2D eigenvalue weighted by atomic mass is 16.7.